The van der Waals surface area contributed by atoms with Crippen molar-refractivity contribution in [2.24, 2.45) is 0 Å². The van der Waals surface area contributed by atoms with Crippen molar-refractivity contribution in [2.45, 2.75) is 6.54 Å². The van der Waals surface area contributed by atoms with E-state index in [1.54, 1.807) is 0 Å². The van der Waals surface area contributed by atoms with Crippen molar-refractivity contribution in [1.29, 1.82) is 0 Å². The summed E-state index contributed by atoms with van der Waals surface area (Å²) < 4.78 is 4.00. The first-order valence-electron chi connectivity index (χ1n) is 5.11. The molecule has 0 fully saturated rings. The molecule has 0 aliphatic heterocycles. The quantitative estimate of drug-likeness (QED) is 0.881. The summed E-state index contributed by atoms with van der Waals surface area (Å²) in [7, 11) is 4.13. The lowest BCUT2D eigenvalue weighted by molar-refractivity contribution is 0.385. The first kappa shape index (κ1) is 11.8. The second-order valence-electron chi connectivity index (χ2n) is 4.05. The van der Waals surface area contributed by atoms with Gasteiger partial charge in [-0.25, -0.2) is 0 Å². The molecular formula is C11H14BrN3S. The molecule has 0 bridgehead atoms. The van der Waals surface area contributed by atoms with Gasteiger partial charge in [-0.15, -0.1) is 0 Å². The monoisotopic (exact) mass is 299 g/mol. The Morgan fingerprint density at radius 1 is 1.44 bits per heavy atom. The highest BCUT2D eigenvalue weighted by molar-refractivity contribution is 9.10. The van der Waals surface area contributed by atoms with Crippen LogP contribution in [0.15, 0.2) is 22.7 Å². The van der Waals surface area contributed by atoms with Crippen molar-refractivity contribution >= 4 is 39.2 Å². The van der Waals surface area contributed by atoms with Crippen LogP contribution in [0.2, 0.25) is 0 Å². The number of likely N-dealkylation sites (N-methyl/N-ethyl adjacent to an activating group) is 1. The average molecular weight is 300 g/mol. The molecule has 2 aromatic rings. The van der Waals surface area contributed by atoms with Gasteiger partial charge >= 0.3 is 0 Å². The lowest BCUT2D eigenvalue weighted by Gasteiger charge is -2.10. The summed E-state index contributed by atoms with van der Waals surface area (Å²) in [4.78, 5) is 5.37. The van der Waals surface area contributed by atoms with E-state index in [9.17, 15) is 0 Å². The molecule has 1 N–H and O–H groups in total. The summed E-state index contributed by atoms with van der Waals surface area (Å²) >= 11 is 8.81. The number of hydrogen-bond donors (Lipinski definition) is 1. The van der Waals surface area contributed by atoms with Gasteiger partial charge < -0.3 is 14.5 Å². The number of hydrogen-bond acceptors (Lipinski definition) is 2. The number of halogens is 1. The molecule has 0 aliphatic carbocycles. The van der Waals surface area contributed by atoms with Crippen LogP contribution < -0.4 is 0 Å². The van der Waals surface area contributed by atoms with E-state index in [-0.39, 0.29) is 0 Å². The molecule has 0 atom stereocenters. The van der Waals surface area contributed by atoms with Crippen molar-refractivity contribution in [3.63, 3.8) is 0 Å². The zero-order chi connectivity index (χ0) is 11.7. The number of H-pyrrole nitrogens is 1. The van der Waals surface area contributed by atoms with Crippen LogP contribution in [0.5, 0.6) is 0 Å². The van der Waals surface area contributed by atoms with Crippen LogP contribution in [0.25, 0.3) is 11.0 Å². The van der Waals surface area contributed by atoms with Gasteiger partial charge in [-0.1, -0.05) is 15.9 Å². The number of fused-ring (bicyclic) bond motifs is 1. The maximum absolute atomic E-state index is 5.32. The Labute approximate surface area is 108 Å². The third-order valence-corrected chi connectivity index (χ3v) is 3.32. The summed E-state index contributed by atoms with van der Waals surface area (Å²) in [6.07, 6.45) is 0. The number of nitrogens with one attached hydrogen (secondary N) is 1. The number of aromatic amines is 1. The Kier molecular flexibility index (Phi) is 3.47. The molecule has 0 saturated carbocycles. The van der Waals surface area contributed by atoms with Crippen molar-refractivity contribution in [3.8, 4) is 0 Å². The predicted molar refractivity (Wildman–Crippen MR) is 73.4 cm³/mol. The van der Waals surface area contributed by atoms with Gasteiger partial charge in [0.25, 0.3) is 0 Å². The van der Waals surface area contributed by atoms with Crippen molar-refractivity contribution < 1.29 is 0 Å². The summed E-state index contributed by atoms with van der Waals surface area (Å²) in [5, 5.41) is 0. The highest BCUT2D eigenvalue weighted by Crippen LogP contribution is 2.19. The second-order valence-corrected chi connectivity index (χ2v) is 5.35. The highest BCUT2D eigenvalue weighted by Gasteiger charge is 2.04. The molecule has 86 valence electrons. The summed E-state index contributed by atoms with van der Waals surface area (Å²) in [6.45, 7) is 1.88. The van der Waals surface area contributed by atoms with Crippen LogP contribution in [-0.2, 0) is 6.54 Å². The van der Waals surface area contributed by atoms with E-state index < -0.39 is 0 Å². The molecule has 0 unspecified atom stereocenters. The van der Waals surface area contributed by atoms with E-state index in [2.05, 4.69) is 50.5 Å². The highest BCUT2D eigenvalue weighted by atomic mass is 79.9. The number of rotatable bonds is 3. The Morgan fingerprint density at radius 3 is 2.88 bits per heavy atom. The van der Waals surface area contributed by atoms with Gasteiger partial charge in [-0.3, -0.25) is 0 Å². The van der Waals surface area contributed by atoms with E-state index >= 15 is 0 Å². The summed E-state index contributed by atoms with van der Waals surface area (Å²) in [5.41, 5.74) is 2.24. The first-order valence-corrected chi connectivity index (χ1v) is 6.31. The van der Waals surface area contributed by atoms with Gasteiger partial charge in [0, 0.05) is 17.6 Å². The SMILES string of the molecule is CN(C)CCn1c(=S)[nH]c2ccc(Br)cc21. The Balaban J connectivity index is 2.46. The minimum Gasteiger partial charge on any atom is -0.331 e. The van der Waals surface area contributed by atoms with Gasteiger partial charge in [0.2, 0.25) is 0 Å². The fourth-order valence-electron chi connectivity index (χ4n) is 1.65. The zero-order valence-electron chi connectivity index (χ0n) is 9.33. The molecular weight excluding hydrogens is 286 g/mol. The van der Waals surface area contributed by atoms with Gasteiger partial charge in [0.15, 0.2) is 4.77 Å². The first-order chi connectivity index (χ1) is 7.58. The van der Waals surface area contributed by atoms with E-state index in [4.69, 9.17) is 12.2 Å². The van der Waals surface area contributed by atoms with Crippen LogP contribution in [0.4, 0.5) is 0 Å². The molecule has 16 heavy (non-hydrogen) atoms. The second kappa shape index (κ2) is 4.69. The molecule has 5 heteroatoms. The van der Waals surface area contributed by atoms with Gasteiger partial charge in [-0.05, 0) is 44.5 Å². The fourth-order valence-corrected chi connectivity index (χ4v) is 2.30. The summed E-state index contributed by atoms with van der Waals surface area (Å²) in [5.74, 6) is 0. The largest absolute Gasteiger partial charge is 0.331 e. The predicted octanol–water partition coefficient (Wildman–Crippen LogP) is 3.02. The molecule has 1 aromatic heterocycles. The number of imidazole rings is 1. The minimum atomic E-state index is 0.787. The average Bonchev–Trinajstić information content (AvgIpc) is 2.51. The van der Waals surface area contributed by atoms with Crippen molar-refractivity contribution in [1.82, 2.24) is 14.5 Å². The van der Waals surface area contributed by atoms with Crippen LogP contribution in [0, 0.1) is 4.77 Å². The zero-order valence-corrected chi connectivity index (χ0v) is 11.7. The van der Waals surface area contributed by atoms with Gasteiger partial charge in [0.05, 0.1) is 11.0 Å². The van der Waals surface area contributed by atoms with Crippen molar-refractivity contribution in [2.75, 3.05) is 20.6 Å². The summed E-state index contributed by atoms with van der Waals surface area (Å²) in [6, 6.07) is 6.16. The molecule has 0 spiro atoms. The minimum absolute atomic E-state index is 0.787. The normalized spacial score (nSPS) is 11.5. The Morgan fingerprint density at radius 2 is 2.19 bits per heavy atom. The topological polar surface area (TPSA) is 24.0 Å². The van der Waals surface area contributed by atoms with Crippen LogP contribution in [-0.4, -0.2) is 35.1 Å². The van der Waals surface area contributed by atoms with E-state index in [0.717, 1.165) is 33.4 Å². The molecule has 3 nitrogen and oxygen atoms in total. The third-order valence-electron chi connectivity index (χ3n) is 2.51. The van der Waals surface area contributed by atoms with Gasteiger partial charge in [-0.2, -0.15) is 0 Å². The number of aromatic nitrogens is 2. The van der Waals surface area contributed by atoms with Crippen LogP contribution in [0.3, 0.4) is 0 Å². The van der Waals surface area contributed by atoms with E-state index in [1.165, 1.54) is 0 Å². The molecule has 1 heterocycles. The molecule has 2 rings (SSSR count). The maximum atomic E-state index is 5.32. The van der Waals surface area contributed by atoms with Crippen LogP contribution >= 0.6 is 28.1 Å². The lowest BCUT2D eigenvalue weighted by atomic mass is 10.3. The molecule has 0 amide bonds. The fraction of sp³-hybridized carbons (Fsp3) is 0.364. The molecule has 0 saturated heterocycles. The standard InChI is InChI=1S/C11H14BrN3S/c1-14(2)5-6-15-10-7-8(12)3-4-9(10)13-11(15)16/h3-4,7H,5-6H2,1-2H3,(H,13,16). The lowest BCUT2D eigenvalue weighted by Crippen LogP contribution is -2.18. The number of benzene rings is 1. The van der Waals surface area contributed by atoms with Gasteiger partial charge in [0.1, 0.15) is 0 Å². The molecule has 1 aromatic carbocycles. The smallest absolute Gasteiger partial charge is 0.178 e. The van der Waals surface area contributed by atoms with Crippen LogP contribution in [0.1, 0.15) is 0 Å². The maximum Gasteiger partial charge on any atom is 0.178 e. The Bertz CT molecular complexity index is 556. The van der Waals surface area contributed by atoms with E-state index in [0.29, 0.717) is 0 Å². The number of nitrogens with zero attached hydrogens (tertiary/aromatic N) is 2. The van der Waals surface area contributed by atoms with E-state index in [1.807, 2.05) is 12.1 Å². The molecule has 0 radical (unpaired) electrons. The Hall–Kier alpha value is -0.650. The van der Waals surface area contributed by atoms with Crippen molar-refractivity contribution in [3.05, 3.63) is 27.4 Å². The molecule has 0 aliphatic rings. The third kappa shape index (κ3) is 2.36.